The van der Waals surface area contributed by atoms with E-state index in [4.69, 9.17) is 5.73 Å². The molecule has 1 aromatic heterocycles. The van der Waals surface area contributed by atoms with Crippen LogP contribution in [0.1, 0.15) is 36.0 Å². The second-order valence-electron chi connectivity index (χ2n) is 5.29. The number of amides is 1. The summed E-state index contributed by atoms with van der Waals surface area (Å²) < 4.78 is 0. The Morgan fingerprint density at radius 1 is 1.47 bits per heavy atom. The third kappa shape index (κ3) is 2.12. The van der Waals surface area contributed by atoms with Gasteiger partial charge in [0.2, 0.25) is 0 Å². The van der Waals surface area contributed by atoms with Crippen molar-refractivity contribution in [2.75, 3.05) is 12.3 Å². The molecule has 3 rings (SSSR count). The van der Waals surface area contributed by atoms with Crippen molar-refractivity contribution in [3.8, 4) is 0 Å². The van der Waals surface area contributed by atoms with Gasteiger partial charge in [0, 0.05) is 12.7 Å². The van der Waals surface area contributed by atoms with Gasteiger partial charge in [0.25, 0.3) is 5.91 Å². The number of hydrogen-bond donors (Lipinski definition) is 2. The van der Waals surface area contributed by atoms with Gasteiger partial charge in [-0.15, -0.1) is 0 Å². The lowest BCUT2D eigenvalue weighted by Crippen LogP contribution is -2.31. The molecule has 0 bridgehead atoms. The summed E-state index contributed by atoms with van der Waals surface area (Å²) in [6, 6.07) is 3.37. The van der Waals surface area contributed by atoms with E-state index in [0.717, 1.165) is 12.5 Å². The zero-order chi connectivity index (χ0) is 11.9. The molecule has 0 aliphatic heterocycles. The molecule has 1 heterocycles. The van der Waals surface area contributed by atoms with Crippen molar-refractivity contribution in [2.45, 2.75) is 25.7 Å². The van der Waals surface area contributed by atoms with E-state index in [9.17, 15) is 4.79 Å². The number of rotatable bonds is 4. The average molecular weight is 231 g/mol. The van der Waals surface area contributed by atoms with Crippen molar-refractivity contribution in [2.24, 2.45) is 11.3 Å². The van der Waals surface area contributed by atoms with Gasteiger partial charge in [-0.1, -0.05) is 0 Å². The van der Waals surface area contributed by atoms with E-state index in [1.54, 1.807) is 12.1 Å². The lowest BCUT2D eigenvalue weighted by Gasteiger charge is -2.14. The molecule has 2 saturated carbocycles. The van der Waals surface area contributed by atoms with Crippen LogP contribution < -0.4 is 11.1 Å². The number of nitrogen functional groups attached to an aromatic ring is 1. The Morgan fingerprint density at radius 2 is 2.24 bits per heavy atom. The molecule has 0 spiro atoms. The molecule has 2 fully saturated rings. The average Bonchev–Trinajstić information content (AvgIpc) is 3.17. The third-order valence-electron chi connectivity index (χ3n) is 3.99. The SMILES string of the molecule is Nc1ccc(C(=O)NCC2(C3CC3)CC2)cn1. The number of pyridine rings is 1. The molecule has 0 unspecified atom stereocenters. The van der Waals surface area contributed by atoms with Crippen LogP contribution in [-0.4, -0.2) is 17.4 Å². The number of anilines is 1. The van der Waals surface area contributed by atoms with Gasteiger partial charge in [-0.25, -0.2) is 4.98 Å². The van der Waals surface area contributed by atoms with Crippen LogP contribution in [0.4, 0.5) is 5.82 Å². The van der Waals surface area contributed by atoms with E-state index < -0.39 is 0 Å². The molecular formula is C13H17N3O. The van der Waals surface area contributed by atoms with Crippen molar-refractivity contribution in [3.63, 3.8) is 0 Å². The molecule has 0 atom stereocenters. The summed E-state index contributed by atoms with van der Waals surface area (Å²) in [4.78, 5) is 15.8. The van der Waals surface area contributed by atoms with E-state index in [2.05, 4.69) is 10.3 Å². The Labute approximate surface area is 101 Å². The number of carbonyl (C=O) groups is 1. The largest absolute Gasteiger partial charge is 0.384 e. The first-order chi connectivity index (χ1) is 8.20. The highest BCUT2D eigenvalue weighted by Crippen LogP contribution is 2.60. The van der Waals surface area contributed by atoms with Crippen LogP contribution in [0, 0.1) is 11.3 Å². The molecule has 0 radical (unpaired) electrons. The summed E-state index contributed by atoms with van der Waals surface area (Å²) in [6.07, 6.45) is 6.77. The molecule has 2 aliphatic carbocycles. The summed E-state index contributed by atoms with van der Waals surface area (Å²) in [5.74, 6) is 1.27. The summed E-state index contributed by atoms with van der Waals surface area (Å²) in [5.41, 5.74) is 6.52. The first kappa shape index (κ1) is 10.6. The Morgan fingerprint density at radius 3 is 2.76 bits per heavy atom. The highest BCUT2D eigenvalue weighted by atomic mass is 16.1. The van der Waals surface area contributed by atoms with Crippen molar-refractivity contribution >= 4 is 11.7 Å². The molecule has 17 heavy (non-hydrogen) atoms. The smallest absolute Gasteiger partial charge is 0.252 e. The molecule has 3 N–H and O–H groups in total. The van der Waals surface area contributed by atoms with Crippen LogP contribution in [0.5, 0.6) is 0 Å². The third-order valence-corrected chi connectivity index (χ3v) is 3.99. The van der Waals surface area contributed by atoms with E-state index in [-0.39, 0.29) is 5.91 Å². The summed E-state index contributed by atoms with van der Waals surface area (Å²) >= 11 is 0. The zero-order valence-electron chi connectivity index (χ0n) is 9.78. The van der Waals surface area contributed by atoms with Crippen LogP contribution in [0.15, 0.2) is 18.3 Å². The molecule has 2 aliphatic rings. The Hall–Kier alpha value is -1.58. The summed E-state index contributed by atoms with van der Waals surface area (Å²) in [6.45, 7) is 0.820. The topological polar surface area (TPSA) is 68.0 Å². The van der Waals surface area contributed by atoms with E-state index in [1.807, 2.05) is 0 Å². The van der Waals surface area contributed by atoms with Gasteiger partial charge in [0.15, 0.2) is 0 Å². The first-order valence-electron chi connectivity index (χ1n) is 6.19. The highest BCUT2D eigenvalue weighted by Gasteiger charge is 2.53. The monoisotopic (exact) mass is 231 g/mol. The zero-order valence-corrected chi connectivity index (χ0v) is 9.78. The highest BCUT2D eigenvalue weighted by molar-refractivity contribution is 5.94. The van der Waals surface area contributed by atoms with Gasteiger partial charge in [0.05, 0.1) is 5.56 Å². The van der Waals surface area contributed by atoms with Crippen molar-refractivity contribution < 1.29 is 4.79 Å². The normalized spacial score (nSPS) is 20.9. The number of nitrogens with zero attached hydrogens (tertiary/aromatic N) is 1. The predicted molar refractivity (Wildman–Crippen MR) is 65.4 cm³/mol. The second kappa shape index (κ2) is 3.72. The number of nitrogens with two attached hydrogens (primary N) is 1. The van der Waals surface area contributed by atoms with Crippen LogP contribution in [-0.2, 0) is 0 Å². The van der Waals surface area contributed by atoms with Gasteiger partial charge in [-0.3, -0.25) is 4.79 Å². The lowest BCUT2D eigenvalue weighted by molar-refractivity contribution is 0.0942. The fourth-order valence-electron chi connectivity index (χ4n) is 2.48. The minimum atomic E-state index is -0.0376. The molecule has 4 heteroatoms. The minimum Gasteiger partial charge on any atom is -0.384 e. The summed E-state index contributed by atoms with van der Waals surface area (Å²) in [7, 11) is 0. The molecule has 0 aromatic carbocycles. The number of hydrogen-bond acceptors (Lipinski definition) is 3. The van der Waals surface area contributed by atoms with Gasteiger partial charge in [-0.2, -0.15) is 0 Å². The van der Waals surface area contributed by atoms with Crippen molar-refractivity contribution in [3.05, 3.63) is 23.9 Å². The number of carbonyl (C=O) groups excluding carboxylic acids is 1. The van der Waals surface area contributed by atoms with E-state index >= 15 is 0 Å². The molecule has 1 amide bonds. The number of nitrogens with one attached hydrogen (secondary N) is 1. The number of aromatic nitrogens is 1. The van der Waals surface area contributed by atoms with Gasteiger partial charge in [-0.05, 0) is 49.1 Å². The van der Waals surface area contributed by atoms with Crippen LogP contribution in [0.25, 0.3) is 0 Å². The standard InChI is InChI=1S/C13H17N3O/c14-11-4-1-9(7-15-11)12(17)16-8-13(5-6-13)10-2-3-10/h1,4,7,10H,2-3,5-6,8H2,(H2,14,15)(H,16,17). The van der Waals surface area contributed by atoms with Gasteiger partial charge in [0.1, 0.15) is 5.82 Å². The maximum Gasteiger partial charge on any atom is 0.252 e. The van der Waals surface area contributed by atoms with E-state index in [1.165, 1.54) is 31.9 Å². The van der Waals surface area contributed by atoms with Crippen molar-refractivity contribution in [1.82, 2.24) is 10.3 Å². The predicted octanol–water partition coefficient (Wildman–Crippen LogP) is 1.58. The van der Waals surface area contributed by atoms with Gasteiger partial charge >= 0.3 is 0 Å². The van der Waals surface area contributed by atoms with E-state index in [0.29, 0.717) is 16.8 Å². The van der Waals surface area contributed by atoms with Gasteiger partial charge < -0.3 is 11.1 Å². The Balaban J connectivity index is 1.58. The van der Waals surface area contributed by atoms with Crippen LogP contribution in [0.2, 0.25) is 0 Å². The quantitative estimate of drug-likeness (QED) is 0.826. The maximum absolute atomic E-state index is 11.9. The second-order valence-corrected chi connectivity index (χ2v) is 5.29. The van der Waals surface area contributed by atoms with Crippen LogP contribution in [0.3, 0.4) is 0 Å². The maximum atomic E-state index is 11.9. The Kier molecular flexibility index (Phi) is 2.31. The fourth-order valence-corrected chi connectivity index (χ4v) is 2.48. The lowest BCUT2D eigenvalue weighted by atomic mass is 10.0. The summed E-state index contributed by atoms with van der Waals surface area (Å²) in [5, 5.41) is 3.02. The Bertz CT molecular complexity index is 432. The van der Waals surface area contributed by atoms with Crippen molar-refractivity contribution in [1.29, 1.82) is 0 Å². The molecule has 4 nitrogen and oxygen atoms in total. The first-order valence-corrected chi connectivity index (χ1v) is 6.19. The molecular weight excluding hydrogens is 214 g/mol. The van der Waals surface area contributed by atoms with Crippen LogP contribution >= 0.6 is 0 Å². The molecule has 0 saturated heterocycles. The molecule has 1 aromatic rings. The molecule has 90 valence electrons. The fraction of sp³-hybridized carbons (Fsp3) is 0.538. The minimum absolute atomic E-state index is 0.0376.